The Morgan fingerprint density at radius 3 is 2.48 bits per heavy atom. The zero-order chi connectivity index (χ0) is 24.0. The van der Waals surface area contributed by atoms with Crippen LogP contribution in [0, 0.1) is 5.92 Å². The molecule has 10 heteroatoms. The van der Waals surface area contributed by atoms with Crippen LogP contribution in [0.3, 0.4) is 0 Å². The third-order valence-corrected chi connectivity index (χ3v) is 5.89. The van der Waals surface area contributed by atoms with Gasteiger partial charge in [-0.05, 0) is 17.5 Å². The summed E-state index contributed by atoms with van der Waals surface area (Å²) in [5.74, 6) is -2.32. The topological polar surface area (TPSA) is 166 Å². The number of para-hydroxylation sites is 1. The van der Waals surface area contributed by atoms with E-state index < -0.39 is 35.9 Å². The lowest BCUT2D eigenvalue weighted by Crippen LogP contribution is -2.56. The van der Waals surface area contributed by atoms with Crippen molar-refractivity contribution in [2.24, 2.45) is 11.7 Å². The molecule has 2 amide bonds. The number of benzene rings is 1. The van der Waals surface area contributed by atoms with Gasteiger partial charge in [-0.15, -0.1) is 0 Å². The number of aromatic amines is 2. The lowest BCUT2D eigenvalue weighted by Gasteiger charge is -2.24. The van der Waals surface area contributed by atoms with Crippen LogP contribution < -0.4 is 16.4 Å². The molecule has 0 aliphatic rings. The van der Waals surface area contributed by atoms with Gasteiger partial charge in [0.25, 0.3) is 0 Å². The van der Waals surface area contributed by atoms with E-state index in [1.165, 1.54) is 6.33 Å². The van der Waals surface area contributed by atoms with Crippen molar-refractivity contribution >= 4 is 28.7 Å². The maximum absolute atomic E-state index is 13.1. The Labute approximate surface area is 191 Å². The van der Waals surface area contributed by atoms with Crippen molar-refractivity contribution in [2.45, 2.75) is 51.2 Å². The van der Waals surface area contributed by atoms with Gasteiger partial charge in [-0.2, -0.15) is 0 Å². The maximum Gasteiger partial charge on any atom is 0.326 e. The fourth-order valence-electron chi connectivity index (χ4n) is 3.60. The Morgan fingerprint density at radius 1 is 1.09 bits per heavy atom. The van der Waals surface area contributed by atoms with Gasteiger partial charge in [-0.3, -0.25) is 9.59 Å². The number of rotatable bonds is 11. The number of carbonyl (C=O) groups excluding carboxylic acids is 2. The second-order valence-electron chi connectivity index (χ2n) is 8.22. The molecular weight excluding hydrogens is 424 g/mol. The first-order valence-corrected chi connectivity index (χ1v) is 10.9. The zero-order valence-electron chi connectivity index (χ0n) is 18.7. The maximum atomic E-state index is 13.1. The third kappa shape index (κ3) is 5.98. The molecule has 0 spiro atoms. The lowest BCUT2D eigenvalue weighted by atomic mass is 9.98. The van der Waals surface area contributed by atoms with Gasteiger partial charge in [-0.1, -0.05) is 38.5 Å². The molecule has 0 aliphatic heterocycles. The highest BCUT2D eigenvalue weighted by Crippen LogP contribution is 2.19. The van der Waals surface area contributed by atoms with Crippen molar-refractivity contribution in [2.75, 3.05) is 0 Å². The van der Waals surface area contributed by atoms with Gasteiger partial charge in [0.05, 0.1) is 12.4 Å². The highest BCUT2D eigenvalue weighted by molar-refractivity contribution is 5.92. The van der Waals surface area contributed by atoms with Crippen LogP contribution in [0.15, 0.2) is 43.0 Å². The number of hydrogen-bond acceptors (Lipinski definition) is 5. The van der Waals surface area contributed by atoms with E-state index in [-0.39, 0.29) is 18.8 Å². The summed E-state index contributed by atoms with van der Waals surface area (Å²) in [6, 6.07) is 4.55. The van der Waals surface area contributed by atoms with E-state index in [1.807, 2.05) is 38.1 Å². The van der Waals surface area contributed by atoms with E-state index in [0.29, 0.717) is 12.1 Å². The smallest absolute Gasteiger partial charge is 0.326 e. The Bertz CT molecular complexity index is 1090. The van der Waals surface area contributed by atoms with Gasteiger partial charge in [0.2, 0.25) is 11.8 Å². The van der Waals surface area contributed by atoms with Gasteiger partial charge in [-0.25, -0.2) is 9.78 Å². The predicted molar refractivity (Wildman–Crippen MR) is 123 cm³/mol. The minimum absolute atomic E-state index is 0.0745. The molecule has 33 heavy (non-hydrogen) atoms. The van der Waals surface area contributed by atoms with Crippen LogP contribution >= 0.6 is 0 Å². The summed E-state index contributed by atoms with van der Waals surface area (Å²) < 4.78 is 0. The van der Waals surface area contributed by atoms with Crippen LogP contribution in [-0.2, 0) is 27.2 Å². The molecule has 0 radical (unpaired) electrons. The summed E-state index contributed by atoms with van der Waals surface area (Å²) in [4.78, 5) is 47.6. The molecule has 2 aromatic heterocycles. The van der Waals surface area contributed by atoms with Crippen LogP contribution in [0.25, 0.3) is 10.9 Å². The molecule has 0 aliphatic carbocycles. The Morgan fingerprint density at radius 2 is 1.82 bits per heavy atom. The number of nitrogens with zero attached hydrogens (tertiary/aromatic N) is 1. The van der Waals surface area contributed by atoms with E-state index >= 15 is 0 Å². The standard InChI is InChI=1S/C23H30N6O4/c1-3-13(2)20(24)22(31)28-18(9-15-11-25-12-27-15)21(30)29-19(23(32)33)8-14-10-26-17-7-5-4-6-16(14)17/h4-7,10-13,18-20,26H,3,8-9,24H2,1-2H3,(H,25,27)(H,28,31)(H,29,30)(H,32,33). The van der Waals surface area contributed by atoms with E-state index in [1.54, 1.807) is 12.4 Å². The highest BCUT2D eigenvalue weighted by atomic mass is 16.4. The van der Waals surface area contributed by atoms with E-state index in [2.05, 4.69) is 25.6 Å². The number of hydrogen-bond donors (Lipinski definition) is 6. The molecule has 0 fully saturated rings. The number of aliphatic carboxylic acids is 1. The minimum atomic E-state index is -1.18. The van der Waals surface area contributed by atoms with Crippen LogP contribution in [0.2, 0.25) is 0 Å². The van der Waals surface area contributed by atoms with E-state index in [4.69, 9.17) is 5.73 Å². The number of H-pyrrole nitrogens is 2. The summed E-state index contributed by atoms with van der Waals surface area (Å²) in [6.07, 6.45) is 5.65. The van der Waals surface area contributed by atoms with Crippen molar-refractivity contribution in [1.29, 1.82) is 0 Å². The van der Waals surface area contributed by atoms with Gasteiger partial charge in [0, 0.05) is 41.8 Å². The third-order valence-electron chi connectivity index (χ3n) is 5.89. The molecule has 2 heterocycles. The van der Waals surface area contributed by atoms with Crippen molar-refractivity contribution in [3.05, 3.63) is 54.2 Å². The van der Waals surface area contributed by atoms with Crippen molar-refractivity contribution in [3.63, 3.8) is 0 Å². The molecule has 1 aromatic carbocycles. The molecule has 0 bridgehead atoms. The van der Waals surface area contributed by atoms with Crippen molar-refractivity contribution < 1.29 is 19.5 Å². The Balaban J connectivity index is 1.76. The number of nitrogens with one attached hydrogen (secondary N) is 4. The largest absolute Gasteiger partial charge is 0.480 e. The number of aromatic nitrogens is 3. The second kappa shape index (κ2) is 10.8. The van der Waals surface area contributed by atoms with Crippen LogP contribution in [0.1, 0.15) is 31.5 Å². The molecule has 10 nitrogen and oxygen atoms in total. The summed E-state index contributed by atoms with van der Waals surface area (Å²) >= 11 is 0. The number of carboxylic acid groups (broad SMARTS) is 1. The zero-order valence-corrected chi connectivity index (χ0v) is 18.7. The van der Waals surface area contributed by atoms with Gasteiger partial charge in [0.15, 0.2) is 0 Å². The second-order valence-corrected chi connectivity index (χ2v) is 8.22. The van der Waals surface area contributed by atoms with Crippen LogP contribution in [0.5, 0.6) is 0 Å². The number of amides is 2. The first-order valence-electron chi connectivity index (χ1n) is 10.9. The number of carboxylic acids is 1. The van der Waals surface area contributed by atoms with Gasteiger partial charge in [0.1, 0.15) is 12.1 Å². The molecule has 176 valence electrons. The predicted octanol–water partition coefficient (Wildman–Crippen LogP) is 1.10. The van der Waals surface area contributed by atoms with E-state index in [0.717, 1.165) is 16.5 Å². The fraction of sp³-hybridized carbons (Fsp3) is 0.391. The summed E-state index contributed by atoms with van der Waals surface area (Å²) in [6.45, 7) is 3.78. The summed E-state index contributed by atoms with van der Waals surface area (Å²) in [5, 5.41) is 15.9. The number of fused-ring (bicyclic) bond motifs is 1. The minimum Gasteiger partial charge on any atom is -0.480 e. The molecule has 3 rings (SSSR count). The summed E-state index contributed by atoms with van der Waals surface area (Å²) in [7, 11) is 0. The number of nitrogens with two attached hydrogens (primary N) is 1. The monoisotopic (exact) mass is 454 g/mol. The summed E-state index contributed by atoms with van der Waals surface area (Å²) in [5.41, 5.74) is 8.30. The average molecular weight is 455 g/mol. The number of carbonyl (C=O) groups is 3. The first kappa shape index (κ1) is 24.0. The first-order chi connectivity index (χ1) is 15.8. The SMILES string of the molecule is CCC(C)C(N)C(=O)NC(Cc1cnc[nH]1)C(=O)NC(Cc1c[nH]c2ccccc12)C(=O)O. The molecule has 0 saturated carbocycles. The number of imidazole rings is 1. The van der Waals surface area contributed by atoms with E-state index in [9.17, 15) is 19.5 Å². The lowest BCUT2D eigenvalue weighted by molar-refractivity contribution is -0.142. The normalized spacial score (nSPS) is 14.9. The quantitative estimate of drug-likeness (QED) is 0.254. The van der Waals surface area contributed by atoms with Crippen molar-refractivity contribution in [3.8, 4) is 0 Å². The fourth-order valence-corrected chi connectivity index (χ4v) is 3.60. The molecule has 0 saturated heterocycles. The molecule has 4 atom stereocenters. The molecule has 4 unspecified atom stereocenters. The van der Waals surface area contributed by atoms with Crippen LogP contribution in [0.4, 0.5) is 0 Å². The highest BCUT2D eigenvalue weighted by Gasteiger charge is 2.30. The average Bonchev–Trinajstić information content (AvgIpc) is 3.47. The molecular formula is C23H30N6O4. The van der Waals surface area contributed by atoms with Crippen molar-refractivity contribution in [1.82, 2.24) is 25.6 Å². The van der Waals surface area contributed by atoms with Gasteiger partial charge < -0.3 is 31.4 Å². The Kier molecular flexibility index (Phi) is 7.83. The van der Waals surface area contributed by atoms with Crippen LogP contribution in [-0.4, -0.2) is 56.0 Å². The Hall–Kier alpha value is -3.66. The molecule has 3 aromatic rings. The van der Waals surface area contributed by atoms with Gasteiger partial charge >= 0.3 is 5.97 Å². The molecule has 7 N–H and O–H groups in total.